The smallest absolute Gasteiger partial charge is 0.0406 e. The van der Waals surface area contributed by atoms with Gasteiger partial charge in [0.15, 0.2) is 0 Å². The van der Waals surface area contributed by atoms with Crippen LogP contribution in [0.15, 0.2) is 24.3 Å². The molecule has 1 aromatic rings. The summed E-state index contributed by atoms with van der Waals surface area (Å²) < 4.78 is 0. The van der Waals surface area contributed by atoms with E-state index in [9.17, 15) is 0 Å². The molecule has 1 N–H and O–H groups in total. The summed E-state index contributed by atoms with van der Waals surface area (Å²) in [5.74, 6) is 0.585. The third kappa shape index (κ3) is 3.50. The Bertz CT molecular complexity index is 294. The fourth-order valence-electron chi connectivity index (χ4n) is 2.32. The molecule has 2 unspecified atom stereocenters. The summed E-state index contributed by atoms with van der Waals surface area (Å²) in [5.41, 5.74) is 1.39. The zero-order valence-electron chi connectivity index (χ0n) is 10.5. The van der Waals surface area contributed by atoms with E-state index in [4.69, 9.17) is 11.6 Å². The Morgan fingerprint density at radius 3 is 2.25 bits per heavy atom. The van der Waals surface area contributed by atoms with Crippen molar-refractivity contribution in [1.82, 2.24) is 5.32 Å². The van der Waals surface area contributed by atoms with Gasteiger partial charge in [0.05, 0.1) is 0 Å². The first kappa shape index (κ1) is 13.5. The van der Waals surface area contributed by atoms with Crippen molar-refractivity contribution in [2.24, 2.45) is 0 Å². The molecule has 0 saturated carbocycles. The van der Waals surface area contributed by atoms with Gasteiger partial charge >= 0.3 is 0 Å². The Kier molecular flexibility index (Phi) is 5.86. The molecule has 90 valence electrons. The molecule has 2 atom stereocenters. The van der Waals surface area contributed by atoms with Crippen LogP contribution in [0.3, 0.4) is 0 Å². The molecular formula is C14H22ClN. The molecule has 1 nitrogen and oxygen atoms in total. The second kappa shape index (κ2) is 6.93. The molecule has 0 radical (unpaired) electrons. The lowest BCUT2D eigenvalue weighted by atomic mass is 9.87. The van der Waals surface area contributed by atoms with Gasteiger partial charge in [-0.05, 0) is 43.5 Å². The largest absolute Gasteiger partial charge is 0.316 e. The van der Waals surface area contributed by atoms with Gasteiger partial charge in [-0.2, -0.15) is 0 Å². The van der Waals surface area contributed by atoms with Gasteiger partial charge < -0.3 is 5.32 Å². The fraction of sp³-hybridized carbons (Fsp3) is 0.571. The third-order valence-corrected chi connectivity index (χ3v) is 3.45. The topological polar surface area (TPSA) is 12.0 Å². The molecule has 0 spiro atoms. The molecule has 16 heavy (non-hydrogen) atoms. The molecule has 0 fully saturated rings. The second-order valence-corrected chi connectivity index (χ2v) is 4.69. The zero-order chi connectivity index (χ0) is 12.0. The number of benzene rings is 1. The van der Waals surface area contributed by atoms with Crippen molar-refractivity contribution >= 4 is 11.6 Å². The van der Waals surface area contributed by atoms with E-state index in [-0.39, 0.29) is 0 Å². The first-order chi connectivity index (χ1) is 7.72. The molecule has 0 bridgehead atoms. The van der Waals surface area contributed by atoms with Crippen LogP contribution in [-0.4, -0.2) is 13.1 Å². The monoisotopic (exact) mass is 239 g/mol. The van der Waals surface area contributed by atoms with E-state index >= 15 is 0 Å². The average Bonchev–Trinajstić information content (AvgIpc) is 2.31. The minimum Gasteiger partial charge on any atom is -0.316 e. The van der Waals surface area contributed by atoms with E-state index in [0.717, 1.165) is 11.4 Å². The van der Waals surface area contributed by atoms with E-state index in [1.807, 2.05) is 12.1 Å². The summed E-state index contributed by atoms with van der Waals surface area (Å²) >= 11 is 5.92. The molecule has 1 aromatic carbocycles. The Labute approximate surface area is 104 Å². The average molecular weight is 240 g/mol. The lowest BCUT2D eigenvalue weighted by Crippen LogP contribution is -2.31. The number of hydrogen-bond acceptors (Lipinski definition) is 1. The molecule has 1 rings (SSSR count). The Hall–Kier alpha value is -0.530. The highest BCUT2D eigenvalue weighted by Crippen LogP contribution is 2.26. The summed E-state index contributed by atoms with van der Waals surface area (Å²) in [6, 6.07) is 8.83. The quantitative estimate of drug-likeness (QED) is 0.784. The van der Waals surface area contributed by atoms with Crippen LogP contribution in [0, 0.1) is 0 Å². The SMILES string of the molecule is CCCC(NC)C(CC)c1ccc(Cl)cc1. The highest BCUT2D eigenvalue weighted by Gasteiger charge is 2.19. The minimum absolute atomic E-state index is 0.566. The van der Waals surface area contributed by atoms with Crippen LogP contribution in [0.5, 0.6) is 0 Å². The van der Waals surface area contributed by atoms with Crippen LogP contribution in [-0.2, 0) is 0 Å². The van der Waals surface area contributed by atoms with Crippen LogP contribution >= 0.6 is 11.6 Å². The standard InChI is InChI=1S/C14H22ClN/c1-4-6-14(16-3)13(5-2)11-7-9-12(15)10-8-11/h7-10,13-14,16H,4-6H2,1-3H3. The lowest BCUT2D eigenvalue weighted by Gasteiger charge is -2.26. The van der Waals surface area contributed by atoms with E-state index < -0.39 is 0 Å². The van der Waals surface area contributed by atoms with Crippen LogP contribution in [0.4, 0.5) is 0 Å². The second-order valence-electron chi connectivity index (χ2n) is 4.25. The van der Waals surface area contributed by atoms with Gasteiger partial charge in [0, 0.05) is 11.1 Å². The fourth-order valence-corrected chi connectivity index (χ4v) is 2.45. The lowest BCUT2D eigenvalue weighted by molar-refractivity contribution is 0.422. The van der Waals surface area contributed by atoms with E-state index in [1.165, 1.54) is 18.4 Å². The normalized spacial score (nSPS) is 14.8. The van der Waals surface area contributed by atoms with Crippen molar-refractivity contribution < 1.29 is 0 Å². The predicted molar refractivity (Wildman–Crippen MR) is 72.2 cm³/mol. The maximum Gasteiger partial charge on any atom is 0.0406 e. The Morgan fingerprint density at radius 1 is 1.19 bits per heavy atom. The van der Waals surface area contributed by atoms with Gasteiger partial charge in [-0.25, -0.2) is 0 Å². The number of halogens is 1. The van der Waals surface area contributed by atoms with Crippen molar-refractivity contribution in [2.75, 3.05) is 7.05 Å². The molecular weight excluding hydrogens is 218 g/mol. The summed E-state index contributed by atoms with van der Waals surface area (Å²) in [4.78, 5) is 0. The minimum atomic E-state index is 0.566. The number of hydrogen-bond donors (Lipinski definition) is 1. The van der Waals surface area contributed by atoms with Gasteiger partial charge in [-0.1, -0.05) is 44.0 Å². The zero-order valence-corrected chi connectivity index (χ0v) is 11.2. The molecule has 0 heterocycles. The van der Waals surface area contributed by atoms with E-state index in [1.54, 1.807) is 0 Å². The molecule has 0 saturated heterocycles. The number of nitrogens with one attached hydrogen (secondary N) is 1. The van der Waals surface area contributed by atoms with Gasteiger partial charge in [0.1, 0.15) is 0 Å². The summed E-state index contributed by atoms with van der Waals surface area (Å²) in [5, 5.41) is 4.25. The van der Waals surface area contributed by atoms with Crippen molar-refractivity contribution in [3.8, 4) is 0 Å². The van der Waals surface area contributed by atoms with Crippen LogP contribution in [0.25, 0.3) is 0 Å². The third-order valence-electron chi connectivity index (χ3n) is 3.19. The highest BCUT2D eigenvalue weighted by atomic mass is 35.5. The first-order valence-electron chi connectivity index (χ1n) is 6.15. The molecule has 0 aliphatic heterocycles. The maximum absolute atomic E-state index is 5.92. The van der Waals surface area contributed by atoms with Crippen LogP contribution in [0.2, 0.25) is 5.02 Å². The highest BCUT2D eigenvalue weighted by molar-refractivity contribution is 6.30. The number of likely N-dealkylation sites (N-methyl/N-ethyl adjacent to an activating group) is 1. The summed E-state index contributed by atoms with van der Waals surface area (Å²) in [6.45, 7) is 4.48. The van der Waals surface area contributed by atoms with Crippen LogP contribution < -0.4 is 5.32 Å². The van der Waals surface area contributed by atoms with Gasteiger partial charge in [-0.15, -0.1) is 0 Å². The Balaban J connectivity index is 2.83. The first-order valence-corrected chi connectivity index (χ1v) is 6.53. The van der Waals surface area contributed by atoms with E-state index in [0.29, 0.717) is 12.0 Å². The van der Waals surface area contributed by atoms with E-state index in [2.05, 4.69) is 38.3 Å². The van der Waals surface area contributed by atoms with Crippen molar-refractivity contribution in [2.45, 2.75) is 45.1 Å². The molecule has 0 amide bonds. The van der Waals surface area contributed by atoms with Crippen molar-refractivity contribution in [3.05, 3.63) is 34.9 Å². The van der Waals surface area contributed by atoms with Crippen LogP contribution in [0.1, 0.15) is 44.6 Å². The summed E-state index contributed by atoms with van der Waals surface area (Å²) in [6.07, 6.45) is 3.60. The predicted octanol–water partition coefficient (Wildman–Crippen LogP) is 4.22. The van der Waals surface area contributed by atoms with Crippen molar-refractivity contribution in [1.29, 1.82) is 0 Å². The molecule has 0 aliphatic carbocycles. The summed E-state index contributed by atoms with van der Waals surface area (Å²) in [7, 11) is 2.05. The van der Waals surface area contributed by atoms with Gasteiger partial charge in [0.2, 0.25) is 0 Å². The van der Waals surface area contributed by atoms with Gasteiger partial charge in [-0.3, -0.25) is 0 Å². The maximum atomic E-state index is 5.92. The van der Waals surface area contributed by atoms with Gasteiger partial charge in [0.25, 0.3) is 0 Å². The van der Waals surface area contributed by atoms with Crippen molar-refractivity contribution in [3.63, 3.8) is 0 Å². The molecule has 0 aromatic heterocycles. The molecule has 2 heteroatoms. The Morgan fingerprint density at radius 2 is 1.81 bits per heavy atom. The number of rotatable bonds is 6. The molecule has 0 aliphatic rings.